The lowest BCUT2D eigenvalue weighted by atomic mass is 9.80. The van der Waals surface area contributed by atoms with Crippen molar-refractivity contribution in [2.75, 3.05) is 0 Å². The molecule has 2 heteroatoms. The largest absolute Gasteiger partial charge is 0.369 e. The Hall–Kier alpha value is -0.970. The van der Waals surface area contributed by atoms with E-state index < -0.39 is 0 Å². The van der Waals surface area contributed by atoms with E-state index in [1.807, 2.05) is 13.8 Å². The van der Waals surface area contributed by atoms with Gasteiger partial charge in [-0.3, -0.25) is 4.79 Å². The van der Waals surface area contributed by atoms with Crippen LogP contribution in [0.1, 0.15) is 27.7 Å². The van der Waals surface area contributed by atoms with E-state index >= 15 is 0 Å². The van der Waals surface area contributed by atoms with E-state index in [2.05, 4.69) is 11.8 Å². The molecule has 1 amide bonds. The quantitative estimate of drug-likeness (QED) is 0.594. The van der Waals surface area contributed by atoms with Crippen LogP contribution in [-0.4, -0.2) is 5.91 Å². The molecule has 0 spiro atoms. The van der Waals surface area contributed by atoms with E-state index in [1.54, 1.807) is 13.8 Å². The molecule has 0 aliphatic heterocycles. The molecule has 0 aromatic heterocycles. The van der Waals surface area contributed by atoms with E-state index in [0.29, 0.717) is 0 Å². The standard InChI is InChI=1S/C9H15NO/c1-5-6-9(3,4)7(2)8(10)11/h7H,1-4H3,(H2,10,11). The summed E-state index contributed by atoms with van der Waals surface area (Å²) in [6, 6.07) is 0. The van der Waals surface area contributed by atoms with E-state index in [1.165, 1.54) is 0 Å². The smallest absolute Gasteiger partial charge is 0.221 e. The van der Waals surface area contributed by atoms with Crippen molar-refractivity contribution in [3.63, 3.8) is 0 Å². The first-order valence-electron chi connectivity index (χ1n) is 3.65. The van der Waals surface area contributed by atoms with Gasteiger partial charge in [-0.1, -0.05) is 12.8 Å². The number of carbonyl (C=O) groups is 1. The summed E-state index contributed by atoms with van der Waals surface area (Å²) < 4.78 is 0. The Morgan fingerprint density at radius 3 is 2.27 bits per heavy atom. The third-order valence-corrected chi connectivity index (χ3v) is 1.96. The van der Waals surface area contributed by atoms with E-state index in [4.69, 9.17) is 5.73 Å². The fourth-order valence-corrected chi connectivity index (χ4v) is 0.786. The van der Waals surface area contributed by atoms with Crippen molar-refractivity contribution in [1.82, 2.24) is 0 Å². The first kappa shape index (κ1) is 10.0. The molecule has 62 valence electrons. The number of nitrogens with two attached hydrogens (primary N) is 1. The van der Waals surface area contributed by atoms with Gasteiger partial charge in [0.15, 0.2) is 0 Å². The summed E-state index contributed by atoms with van der Waals surface area (Å²) in [6.07, 6.45) is 0. The Morgan fingerprint density at radius 1 is 1.55 bits per heavy atom. The van der Waals surface area contributed by atoms with Crippen molar-refractivity contribution in [2.24, 2.45) is 17.1 Å². The summed E-state index contributed by atoms with van der Waals surface area (Å²) in [5, 5.41) is 0. The minimum atomic E-state index is -0.305. The van der Waals surface area contributed by atoms with Gasteiger partial charge in [-0.2, -0.15) is 0 Å². The molecule has 0 aliphatic carbocycles. The Balaban J connectivity index is 4.50. The molecule has 0 heterocycles. The average molecular weight is 153 g/mol. The highest BCUT2D eigenvalue weighted by molar-refractivity contribution is 5.77. The maximum absolute atomic E-state index is 10.8. The number of rotatable bonds is 2. The van der Waals surface area contributed by atoms with Gasteiger partial charge in [0.25, 0.3) is 0 Å². The highest BCUT2D eigenvalue weighted by Crippen LogP contribution is 2.24. The number of primary amides is 1. The zero-order chi connectivity index (χ0) is 9.07. The van der Waals surface area contributed by atoms with Crippen LogP contribution < -0.4 is 5.73 Å². The second-order valence-corrected chi connectivity index (χ2v) is 3.22. The normalized spacial score (nSPS) is 13.1. The van der Waals surface area contributed by atoms with Crippen molar-refractivity contribution >= 4 is 5.91 Å². The molecular formula is C9H15NO. The summed E-state index contributed by atoms with van der Waals surface area (Å²) in [5.74, 6) is 5.25. The number of hydrogen-bond acceptors (Lipinski definition) is 1. The molecule has 0 bridgehead atoms. The predicted molar refractivity (Wildman–Crippen MR) is 45.6 cm³/mol. The molecule has 0 rings (SSSR count). The Labute approximate surface area is 68.2 Å². The highest BCUT2D eigenvalue weighted by atomic mass is 16.1. The average Bonchev–Trinajstić information content (AvgIpc) is 1.86. The molecule has 0 aromatic carbocycles. The number of amides is 1. The molecule has 0 aromatic rings. The molecule has 1 unspecified atom stereocenters. The van der Waals surface area contributed by atoms with E-state index in [-0.39, 0.29) is 17.2 Å². The molecule has 0 saturated heterocycles. The Bertz CT molecular complexity index is 207. The predicted octanol–water partition coefficient (Wildman–Crippen LogP) is 1.16. The van der Waals surface area contributed by atoms with Gasteiger partial charge >= 0.3 is 0 Å². The lowest BCUT2D eigenvalue weighted by molar-refractivity contribution is -0.123. The summed E-state index contributed by atoms with van der Waals surface area (Å²) in [4.78, 5) is 10.8. The number of carbonyl (C=O) groups excluding carboxylic acids is 1. The third kappa shape index (κ3) is 2.63. The SMILES string of the molecule is CC#CC(C)(C)C(C)C(N)=O. The van der Waals surface area contributed by atoms with Gasteiger partial charge in [0.05, 0.1) is 5.92 Å². The molecule has 0 radical (unpaired) electrons. The van der Waals surface area contributed by atoms with Crippen molar-refractivity contribution in [2.45, 2.75) is 27.7 Å². The number of hydrogen-bond donors (Lipinski definition) is 1. The van der Waals surface area contributed by atoms with Crippen molar-refractivity contribution in [3.8, 4) is 11.8 Å². The highest BCUT2D eigenvalue weighted by Gasteiger charge is 2.27. The van der Waals surface area contributed by atoms with E-state index in [9.17, 15) is 4.79 Å². The molecule has 0 aliphatic rings. The van der Waals surface area contributed by atoms with Crippen LogP contribution in [0.2, 0.25) is 0 Å². The van der Waals surface area contributed by atoms with Gasteiger partial charge in [0.1, 0.15) is 0 Å². The van der Waals surface area contributed by atoms with Crippen molar-refractivity contribution in [1.29, 1.82) is 0 Å². The van der Waals surface area contributed by atoms with Crippen LogP contribution in [0.25, 0.3) is 0 Å². The van der Waals surface area contributed by atoms with Crippen LogP contribution in [0.3, 0.4) is 0 Å². The maximum atomic E-state index is 10.8. The second kappa shape index (κ2) is 3.43. The van der Waals surface area contributed by atoms with Crippen molar-refractivity contribution in [3.05, 3.63) is 0 Å². The van der Waals surface area contributed by atoms with Crippen LogP contribution >= 0.6 is 0 Å². The molecular weight excluding hydrogens is 138 g/mol. The second-order valence-electron chi connectivity index (χ2n) is 3.22. The Kier molecular flexibility index (Phi) is 3.13. The van der Waals surface area contributed by atoms with Gasteiger partial charge in [0, 0.05) is 5.41 Å². The van der Waals surface area contributed by atoms with Gasteiger partial charge in [-0.15, -0.1) is 5.92 Å². The summed E-state index contributed by atoms with van der Waals surface area (Å²) >= 11 is 0. The third-order valence-electron chi connectivity index (χ3n) is 1.96. The van der Waals surface area contributed by atoms with Crippen LogP contribution in [0.5, 0.6) is 0 Å². The van der Waals surface area contributed by atoms with Crippen LogP contribution in [0.4, 0.5) is 0 Å². The molecule has 11 heavy (non-hydrogen) atoms. The lowest BCUT2D eigenvalue weighted by Crippen LogP contribution is -2.32. The molecule has 0 fully saturated rings. The van der Waals surface area contributed by atoms with E-state index in [0.717, 1.165) is 0 Å². The zero-order valence-electron chi connectivity index (χ0n) is 7.56. The molecule has 2 N–H and O–H groups in total. The topological polar surface area (TPSA) is 43.1 Å². The summed E-state index contributed by atoms with van der Waals surface area (Å²) in [6.45, 7) is 7.39. The summed E-state index contributed by atoms with van der Waals surface area (Å²) in [7, 11) is 0. The van der Waals surface area contributed by atoms with Gasteiger partial charge in [-0.25, -0.2) is 0 Å². The molecule has 0 saturated carbocycles. The molecule has 2 nitrogen and oxygen atoms in total. The lowest BCUT2D eigenvalue weighted by Gasteiger charge is -2.22. The van der Waals surface area contributed by atoms with Gasteiger partial charge < -0.3 is 5.73 Å². The summed E-state index contributed by atoms with van der Waals surface area (Å²) in [5.41, 5.74) is 4.84. The van der Waals surface area contributed by atoms with Gasteiger partial charge in [-0.05, 0) is 20.8 Å². The first-order valence-corrected chi connectivity index (χ1v) is 3.65. The van der Waals surface area contributed by atoms with Crippen LogP contribution in [0.15, 0.2) is 0 Å². The monoisotopic (exact) mass is 153 g/mol. The fraction of sp³-hybridized carbons (Fsp3) is 0.667. The Morgan fingerprint density at radius 2 is 2.00 bits per heavy atom. The fourth-order valence-electron chi connectivity index (χ4n) is 0.786. The maximum Gasteiger partial charge on any atom is 0.221 e. The van der Waals surface area contributed by atoms with Crippen LogP contribution in [-0.2, 0) is 4.79 Å². The minimum Gasteiger partial charge on any atom is -0.369 e. The zero-order valence-corrected chi connectivity index (χ0v) is 7.56. The van der Waals surface area contributed by atoms with Crippen molar-refractivity contribution < 1.29 is 4.79 Å². The minimum absolute atomic E-state index is 0.199. The molecule has 1 atom stereocenters. The van der Waals surface area contributed by atoms with Crippen LogP contribution in [0, 0.1) is 23.2 Å². The first-order chi connectivity index (χ1) is 4.91. The van der Waals surface area contributed by atoms with Gasteiger partial charge in [0.2, 0.25) is 5.91 Å².